The second kappa shape index (κ2) is 7.15. The Morgan fingerprint density at radius 1 is 1.43 bits per heavy atom. The van der Waals surface area contributed by atoms with Gasteiger partial charge in [0.2, 0.25) is 0 Å². The maximum absolute atomic E-state index is 13.0. The third-order valence-corrected chi connectivity index (χ3v) is 2.35. The van der Waals surface area contributed by atoms with E-state index in [1.54, 1.807) is 0 Å². The standard InChI is InChI=1S/C11H9F5N2O5/c1-2-22-7(19)4-5-3-6(18(20)21)17-10(8(5)9(12)13)23-11(14,15)16/h3,9H,2,4H2,1H3. The van der Waals surface area contributed by atoms with Gasteiger partial charge in [0.25, 0.3) is 6.43 Å². The highest BCUT2D eigenvalue weighted by Crippen LogP contribution is 2.36. The average molecular weight is 344 g/mol. The molecule has 0 radical (unpaired) electrons. The van der Waals surface area contributed by atoms with Crippen LogP contribution in [0.15, 0.2) is 6.07 Å². The zero-order valence-electron chi connectivity index (χ0n) is 11.4. The molecule has 0 saturated carbocycles. The van der Waals surface area contributed by atoms with E-state index < -0.39 is 52.9 Å². The second-order valence-corrected chi connectivity index (χ2v) is 3.95. The molecule has 1 heterocycles. The van der Waals surface area contributed by atoms with Crippen molar-refractivity contribution in [3.63, 3.8) is 0 Å². The third-order valence-electron chi connectivity index (χ3n) is 2.35. The highest BCUT2D eigenvalue weighted by Gasteiger charge is 2.39. The summed E-state index contributed by atoms with van der Waals surface area (Å²) in [6.07, 6.45) is -9.80. The second-order valence-electron chi connectivity index (χ2n) is 3.95. The molecule has 12 heteroatoms. The van der Waals surface area contributed by atoms with Crippen molar-refractivity contribution < 1.29 is 41.1 Å². The molecule has 0 aliphatic carbocycles. The van der Waals surface area contributed by atoms with Gasteiger partial charge in [-0.05, 0) is 17.4 Å². The quantitative estimate of drug-likeness (QED) is 0.341. The zero-order valence-corrected chi connectivity index (χ0v) is 11.4. The summed E-state index contributed by atoms with van der Waals surface area (Å²) in [5, 5.41) is 10.7. The summed E-state index contributed by atoms with van der Waals surface area (Å²) < 4.78 is 70.6. The lowest BCUT2D eigenvalue weighted by Crippen LogP contribution is -2.21. The zero-order chi connectivity index (χ0) is 17.8. The van der Waals surface area contributed by atoms with Crippen LogP contribution in [0, 0.1) is 10.1 Å². The molecule has 7 nitrogen and oxygen atoms in total. The summed E-state index contributed by atoms with van der Waals surface area (Å²) in [6, 6.07) is 0.474. The maximum atomic E-state index is 13.0. The highest BCUT2D eigenvalue weighted by atomic mass is 19.4. The van der Waals surface area contributed by atoms with E-state index in [0.717, 1.165) is 0 Å². The van der Waals surface area contributed by atoms with Gasteiger partial charge in [0.15, 0.2) is 0 Å². The number of nitro groups is 1. The van der Waals surface area contributed by atoms with Crippen molar-refractivity contribution in [1.82, 2.24) is 4.98 Å². The highest BCUT2D eigenvalue weighted by molar-refractivity contribution is 5.73. The number of carbonyl (C=O) groups is 1. The van der Waals surface area contributed by atoms with Crippen LogP contribution >= 0.6 is 0 Å². The van der Waals surface area contributed by atoms with Crippen LogP contribution in [0.1, 0.15) is 24.5 Å². The lowest BCUT2D eigenvalue weighted by atomic mass is 10.1. The number of ether oxygens (including phenoxy) is 2. The van der Waals surface area contributed by atoms with Gasteiger partial charge in [-0.25, -0.2) is 8.78 Å². The van der Waals surface area contributed by atoms with Crippen LogP contribution in [0.5, 0.6) is 5.88 Å². The van der Waals surface area contributed by atoms with E-state index in [9.17, 15) is 36.9 Å². The van der Waals surface area contributed by atoms with E-state index in [1.807, 2.05) is 0 Å². The lowest BCUT2D eigenvalue weighted by Gasteiger charge is -2.12. The van der Waals surface area contributed by atoms with Crippen LogP contribution in [0.4, 0.5) is 27.8 Å². The van der Waals surface area contributed by atoms with Crippen LogP contribution in [0.2, 0.25) is 0 Å². The van der Waals surface area contributed by atoms with Gasteiger partial charge in [-0.15, -0.1) is 13.2 Å². The van der Waals surface area contributed by atoms with Crippen molar-refractivity contribution in [2.24, 2.45) is 0 Å². The van der Waals surface area contributed by atoms with E-state index in [4.69, 9.17) is 0 Å². The number of carbonyl (C=O) groups excluding carboxylic acids is 1. The minimum atomic E-state index is -5.40. The molecule has 128 valence electrons. The molecule has 1 rings (SSSR count). The number of hydrogen-bond acceptors (Lipinski definition) is 6. The number of rotatable bonds is 6. The van der Waals surface area contributed by atoms with E-state index in [2.05, 4.69) is 14.5 Å². The van der Waals surface area contributed by atoms with Gasteiger partial charge in [-0.3, -0.25) is 4.79 Å². The van der Waals surface area contributed by atoms with Crippen molar-refractivity contribution >= 4 is 11.8 Å². The number of alkyl halides is 5. The van der Waals surface area contributed by atoms with E-state index in [1.165, 1.54) is 6.92 Å². The Morgan fingerprint density at radius 3 is 2.48 bits per heavy atom. The Kier molecular flexibility index (Phi) is 5.76. The van der Waals surface area contributed by atoms with E-state index >= 15 is 0 Å². The van der Waals surface area contributed by atoms with Crippen LogP contribution in [0.3, 0.4) is 0 Å². The summed E-state index contributed by atoms with van der Waals surface area (Å²) in [6.45, 7) is 1.31. The predicted octanol–water partition coefficient (Wildman–Crippen LogP) is 2.93. The molecule has 0 atom stereocenters. The fraction of sp³-hybridized carbons (Fsp3) is 0.455. The van der Waals surface area contributed by atoms with Gasteiger partial charge < -0.3 is 19.6 Å². The van der Waals surface area contributed by atoms with Gasteiger partial charge in [0.1, 0.15) is 5.56 Å². The molecule has 1 aromatic rings. The lowest BCUT2D eigenvalue weighted by molar-refractivity contribution is -0.390. The predicted molar refractivity (Wildman–Crippen MR) is 62.9 cm³/mol. The molecule has 0 saturated heterocycles. The van der Waals surface area contributed by atoms with Gasteiger partial charge in [-0.1, -0.05) is 0 Å². The number of esters is 1. The number of aromatic nitrogens is 1. The molecule has 0 aliphatic rings. The van der Waals surface area contributed by atoms with Gasteiger partial charge in [-0.2, -0.15) is 0 Å². The summed E-state index contributed by atoms with van der Waals surface area (Å²) >= 11 is 0. The first-order valence-electron chi connectivity index (χ1n) is 5.92. The molecule has 0 aliphatic heterocycles. The third kappa shape index (κ3) is 5.30. The van der Waals surface area contributed by atoms with E-state index in [-0.39, 0.29) is 6.61 Å². The molecule has 0 unspecified atom stereocenters. The summed E-state index contributed by atoms with van der Waals surface area (Å²) in [5.74, 6) is -3.90. The van der Waals surface area contributed by atoms with Crippen molar-refractivity contribution in [3.8, 4) is 5.88 Å². The van der Waals surface area contributed by atoms with Crippen molar-refractivity contribution in [2.45, 2.75) is 26.1 Å². The minimum Gasteiger partial charge on any atom is -0.466 e. The Bertz CT molecular complexity index is 605. The molecule has 0 bridgehead atoms. The van der Waals surface area contributed by atoms with Crippen molar-refractivity contribution in [3.05, 3.63) is 27.3 Å². The first-order valence-corrected chi connectivity index (χ1v) is 5.92. The largest absolute Gasteiger partial charge is 0.575 e. The topological polar surface area (TPSA) is 91.6 Å². The Hall–Kier alpha value is -2.53. The summed E-state index contributed by atoms with van der Waals surface area (Å²) in [4.78, 5) is 23.6. The number of hydrogen-bond donors (Lipinski definition) is 0. The first-order chi connectivity index (χ1) is 10.5. The molecule has 0 fully saturated rings. The Balaban J connectivity index is 3.44. The molecule has 0 N–H and O–H groups in total. The summed E-state index contributed by atoms with van der Waals surface area (Å²) in [5.41, 5.74) is -2.10. The van der Waals surface area contributed by atoms with Crippen LogP contribution in [-0.2, 0) is 16.0 Å². The van der Waals surface area contributed by atoms with Crippen molar-refractivity contribution in [2.75, 3.05) is 6.61 Å². The maximum Gasteiger partial charge on any atom is 0.575 e. The van der Waals surface area contributed by atoms with Gasteiger partial charge in [0, 0.05) is 11.1 Å². The molecule has 1 aromatic heterocycles. The van der Waals surface area contributed by atoms with E-state index in [0.29, 0.717) is 6.07 Å². The van der Waals surface area contributed by atoms with Crippen LogP contribution < -0.4 is 4.74 Å². The Labute approximate surface area is 125 Å². The fourth-order valence-corrected chi connectivity index (χ4v) is 1.60. The number of nitrogens with zero attached hydrogens (tertiary/aromatic N) is 2. The fourth-order valence-electron chi connectivity index (χ4n) is 1.60. The molecule has 23 heavy (non-hydrogen) atoms. The number of pyridine rings is 1. The minimum absolute atomic E-state index is 0.109. The van der Waals surface area contributed by atoms with Crippen molar-refractivity contribution in [1.29, 1.82) is 0 Å². The molecule has 0 amide bonds. The van der Waals surface area contributed by atoms with Crippen LogP contribution in [0.25, 0.3) is 0 Å². The average Bonchev–Trinajstić information content (AvgIpc) is 2.35. The SMILES string of the molecule is CCOC(=O)Cc1cc([N+](=O)[O-])nc(OC(F)(F)F)c1C(F)F. The normalized spacial score (nSPS) is 11.4. The van der Waals surface area contributed by atoms with Gasteiger partial charge >= 0.3 is 24.0 Å². The summed E-state index contributed by atoms with van der Waals surface area (Å²) in [7, 11) is 0. The smallest absolute Gasteiger partial charge is 0.466 e. The molecule has 0 aromatic carbocycles. The monoisotopic (exact) mass is 344 g/mol. The molecular weight excluding hydrogens is 335 g/mol. The van der Waals surface area contributed by atoms with Gasteiger partial charge in [0.05, 0.1) is 13.0 Å². The van der Waals surface area contributed by atoms with Crippen LogP contribution in [-0.4, -0.2) is 28.8 Å². The molecular formula is C11H9F5N2O5. The Morgan fingerprint density at radius 2 is 2.04 bits per heavy atom. The first kappa shape index (κ1) is 18.5. The number of halogens is 5. The molecule has 0 spiro atoms.